The molecule has 0 bridgehead atoms. The van der Waals surface area contributed by atoms with E-state index >= 15 is 0 Å². The Hall–Kier alpha value is -0.690. The summed E-state index contributed by atoms with van der Waals surface area (Å²) >= 11 is 5.67. The van der Waals surface area contributed by atoms with Crippen LogP contribution in [0.3, 0.4) is 0 Å². The molecule has 0 aliphatic heterocycles. The van der Waals surface area contributed by atoms with Gasteiger partial charge >= 0.3 is 0 Å². The van der Waals surface area contributed by atoms with Gasteiger partial charge in [0, 0.05) is 18.7 Å². The molecule has 0 atom stereocenters. The van der Waals surface area contributed by atoms with E-state index in [4.69, 9.17) is 16.7 Å². The zero-order valence-corrected chi connectivity index (χ0v) is 13.1. The van der Waals surface area contributed by atoms with E-state index < -0.39 is 22.4 Å². The molecule has 0 heterocycles. The minimum Gasteiger partial charge on any atom is -0.392 e. The Kier molecular flexibility index (Phi) is 6.39. The maximum absolute atomic E-state index is 13.7. The lowest BCUT2D eigenvalue weighted by Gasteiger charge is -2.21. The maximum atomic E-state index is 13.7. The fourth-order valence-corrected chi connectivity index (χ4v) is 3.74. The summed E-state index contributed by atoms with van der Waals surface area (Å²) in [7, 11) is -3.77. The van der Waals surface area contributed by atoms with Gasteiger partial charge in [0.25, 0.3) is 0 Å². The zero-order chi connectivity index (χ0) is 15.3. The molecule has 0 unspecified atom stereocenters. The van der Waals surface area contributed by atoms with Crippen molar-refractivity contribution < 1.29 is 17.9 Å². The van der Waals surface area contributed by atoms with Crippen molar-refractivity contribution in [2.45, 2.75) is 38.2 Å². The van der Waals surface area contributed by atoms with Gasteiger partial charge in [0.2, 0.25) is 10.0 Å². The molecule has 7 heteroatoms. The lowest BCUT2D eigenvalue weighted by molar-refractivity contribution is 0.281. The molecule has 0 aromatic heterocycles. The van der Waals surface area contributed by atoms with Crippen molar-refractivity contribution in [3.63, 3.8) is 0 Å². The molecule has 0 saturated heterocycles. The van der Waals surface area contributed by atoms with Gasteiger partial charge in [0.15, 0.2) is 0 Å². The summed E-state index contributed by atoms with van der Waals surface area (Å²) < 4.78 is 39.9. The van der Waals surface area contributed by atoms with Gasteiger partial charge in [0.1, 0.15) is 5.82 Å². The summed E-state index contributed by atoms with van der Waals surface area (Å²) in [5.41, 5.74) is 0.0678. The third-order valence-electron chi connectivity index (χ3n) is 2.83. The molecule has 1 rings (SSSR count). The van der Waals surface area contributed by atoms with Gasteiger partial charge in [-0.2, -0.15) is 4.31 Å². The highest BCUT2D eigenvalue weighted by molar-refractivity contribution is 7.89. The van der Waals surface area contributed by atoms with Crippen molar-refractivity contribution in [2.24, 2.45) is 0 Å². The smallest absolute Gasteiger partial charge is 0.243 e. The highest BCUT2D eigenvalue weighted by Crippen LogP contribution is 2.26. The van der Waals surface area contributed by atoms with Crippen LogP contribution in [0.25, 0.3) is 0 Å². The second kappa shape index (κ2) is 7.36. The van der Waals surface area contributed by atoms with E-state index in [-0.39, 0.29) is 15.5 Å². The van der Waals surface area contributed by atoms with Gasteiger partial charge in [0.05, 0.1) is 16.5 Å². The summed E-state index contributed by atoms with van der Waals surface area (Å²) in [5, 5.41) is 8.87. The molecule has 0 aliphatic rings. The Bertz CT molecular complexity index is 557. The van der Waals surface area contributed by atoms with E-state index in [1.54, 1.807) is 0 Å². The van der Waals surface area contributed by atoms with E-state index in [9.17, 15) is 12.8 Å². The number of hydrogen-bond donors (Lipinski definition) is 1. The summed E-state index contributed by atoms with van der Waals surface area (Å²) in [6.45, 7) is 3.98. The van der Waals surface area contributed by atoms with Gasteiger partial charge in [-0.25, -0.2) is 12.8 Å². The largest absolute Gasteiger partial charge is 0.392 e. The molecule has 0 spiro atoms. The van der Waals surface area contributed by atoms with Crippen molar-refractivity contribution >= 4 is 21.6 Å². The van der Waals surface area contributed by atoms with Crippen LogP contribution in [0.1, 0.15) is 32.3 Å². The highest BCUT2D eigenvalue weighted by atomic mass is 35.5. The first-order valence-corrected chi connectivity index (χ1v) is 8.29. The first kappa shape index (κ1) is 17.4. The number of benzene rings is 1. The van der Waals surface area contributed by atoms with E-state index in [1.165, 1.54) is 10.4 Å². The normalized spacial score (nSPS) is 12.1. The number of aliphatic hydroxyl groups excluding tert-OH is 1. The van der Waals surface area contributed by atoms with Crippen LogP contribution in [0.15, 0.2) is 17.0 Å². The van der Waals surface area contributed by atoms with Crippen molar-refractivity contribution in [2.75, 3.05) is 13.1 Å². The molecule has 0 saturated carbocycles. The molecule has 0 fully saturated rings. The topological polar surface area (TPSA) is 57.6 Å². The maximum Gasteiger partial charge on any atom is 0.243 e. The minimum atomic E-state index is -3.77. The van der Waals surface area contributed by atoms with E-state index in [0.717, 1.165) is 6.07 Å². The van der Waals surface area contributed by atoms with E-state index in [0.29, 0.717) is 25.9 Å². The second-order valence-corrected chi connectivity index (χ2v) is 6.76. The van der Waals surface area contributed by atoms with Gasteiger partial charge < -0.3 is 5.11 Å². The molecule has 0 aliphatic carbocycles. The second-order valence-electron chi connectivity index (χ2n) is 4.44. The van der Waals surface area contributed by atoms with Crippen LogP contribution in [-0.4, -0.2) is 30.9 Å². The van der Waals surface area contributed by atoms with Crippen molar-refractivity contribution in [1.29, 1.82) is 0 Å². The molecule has 0 radical (unpaired) electrons. The molecule has 20 heavy (non-hydrogen) atoms. The highest BCUT2D eigenvalue weighted by Gasteiger charge is 2.25. The van der Waals surface area contributed by atoms with Gasteiger partial charge in [-0.05, 0) is 25.0 Å². The first-order chi connectivity index (χ1) is 9.38. The molecule has 114 valence electrons. The number of nitrogens with zero attached hydrogens (tertiary/aromatic N) is 1. The fraction of sp³-hybridized carbons (Fsp3) is 0.538. The van der Waals surface area contributed by atoms with Crippen molar-refractivity contribution in [3.05, 3.63) is 28.5 Å². The lowest BCUT2D eigenvalue weighted by Crippen LogP contribution is -2.32. The van der Waals surface area contributed by atoms with Gasteiger partial charge in [-0.3, -0.25) is 0 Å². The average Bonchev–Trinajstić information content (AvgIpc) is 2.41. The Labute approximate surface area is 124 Å². The summed E-state index contributed by atoms with van der Waals surface area (Å²) in [4.78, 5) is -0.176. The number of rotatable bonds is 7. The van der Waals surface area contributed by atoms with Crippen LogP contribution in [0.4, 0.5) is 4.39 Å². The Balaban J connectivity index is 3.30. The number of halogens is 2. The quantitative estimate of drug-likeness (QED) is 0.839. The van der Waals surface area contributed by atoms with Crippen molar-refractivity contribution in [1.82, 2.24) is 4.31 Å². The fourth-order valence-electron chi connectivity index (χ4n) is 1.88. The molecule has 0 amide bonds. The Morgan fingerprint density at radius 1 is 1.25 bits per heavy atom. The third-order valence-corrected chi connectivity index (χ3v) is 5.13. The standard InChI is InChI=1S/C13H19ClFNO3S/c1-3-5-16(6-4-2)20(18,19)11-7-10(9-17)13(14)12(15)8-11/h7-8,17H,3-6,9H2,1-2H3. The number of aliphatic hydroxyl groups is 1. The molecular formula is C13H19ClFNO3S. The average molecular weight is 324 g/mol. The Morgan fingerprint density at radius 3 is 2.25 bits per heavy atom. The van der Waals surface area contributed by atoms with Crippen LogP contribution in [-0.2, 0) is 16.6 Å². The summed E-state index contributed by atoms with van der Waals surface area (Å²) in [5.74, 6) is -0.843. The first-order valence-electron chi connectivity index (χ1n) is 6.47. The molecular weight excluding hydrogens is 305 g/mol. The van der Waals surface area contributed by atoms with E-state index in [1.807, 2.05) is 13.8 Å². The van der Waals surface area contributed by atoms with Crippen molar-refractivity contribution in [3.8, 4) is 0 Å². The van der Waals surface area contributed by atoms with Crippen LogP contribution in [0.5, 0.6) is 0 Å². The zero-order valence-electron chi connectivity index (χ0n) is 11.6. The molecule has 4 nitrogen and oxygen atoms in total. The van der Waals surface area contributed by atoms with Gasteiger partial charge in [-0.1, -0.05) is 25.4 Å². The summed E-state index contributed by atoms with van der Waals surface area (Å²) in [6, 6.07) is 2.12. The number of hydrogen-bond acceptors (Lipinski definition) is 3. The number of sulfonamides is 1. The Morgan fingerprint density at radius 2 is 1.80 bits per heavy atom. The SMILES string of the molecule is CCCN(CCC)S(=O)(=O)c1cc(F)c(Cl)c(CO)c1. The third kappa shape index (κ3) is 3.69. The van der Waals surface area contributed by atoms with Crippen LogP contribution in [0.2, 0.25) is 5.02 Å². The monoisotopic (exact) mass is 323 g/mol. The summed E-state index contributed by atoms with van der Waals surface area (Å²) in [6.07, 6.45) is 1.34. The minimum absolute atomic E-state index is 0.0678. The predicted molar refractivity (Wildman–Crippen MR) is 76.7 cm³/mol. The molecule has 1 aromatic carbocycles. The van der Waals surface area contributed by atoms with E-state index in [2.05, 4.69) is 0 Å². The van der Waals surface area contributed by atoms with Crippen LogP contribution < -0.4 is 0 Å². The predicted octanol–water partition coefficient (Wildman–Crippen LogP) is 2.78. The van der Waals surface area contributed by atoms with Gasteiger partial charge in [-0.15, -0.1) is 0 Å². The lowest BCUT2D eigenvalue weighted by atomic mass is 10.2. The van der Waals surface area contributed by atoms with Crippen LogP contribution in [0, 0.1) is 5.82 Å². The molecule has 1 N–H and O–H groups in total. The molecule has 1 aromatic rings. The van der Waals surface area contributed by atoms with Crippen LogP contribution >= 0.6 is 11.6 Å².